The van der Waals surface area contributed by atoms with Gasteiger partial charge in [0.2, 0.25) is 11.6 Å². The third-order valence-corrected chi connectivity index (χ3v) is 4.01. The Labute approximate surface area is 157 Å². The molecule has 0 fully saturated rings. The van der Waals surface area contributed by atoms with Crippen molar-refractivity contribution in [1.82, 2.24) is 4.98 Å². The smallest absolute Gasteiger partial charge is 0.252 e. The van der Waals surface area contributed by atoms with Crippen LogP contribution in [0.2, 0.25) is 0 Å². The van der Waals surface area contributed by atoms with E-state index in [2.05, 4.69) is 31.4 Å². The minimum absolute atomic E-state index is 0.00659. The van der Waals surface area contributed by atoms with Crippen molar-refractivity contribution in [2.45, 2.75) is 0 Å². The van der Waals surface area contributed by atoms with E-state index >= 15 is 0 Å². The lowest BCUT2D eigenvalue weighted by Crippen LogP contribution is -1.93. The first-order valence-electron chi connectivity index (χ1n) is 7.44. The number of halogens is 1. The number of hydrazone groups is 1. The number of aromatic hydroxyl groups is 1. The van der Waals surface area contributed by atoms with Gasteiger partial charge in [0, 0.05) is 5.56 Å². The number of methoxy groups -OCH3 is 1. The van der Waals surface area contributed by atoms with Crippen molar-refractivity contribution in [2.75, 3.05) is 12.5 Å². The van der Waals surface area contributed by atoms with E-state index in [1.165, 1.54) is 13.3 Å². The summed E-state index contributed by atoms with van der Waals surface area (Å²) in [5.41, 5.74) is 4.20. The Morgan fingerprint density at radius 3 is 2.81 bits per heavy atom. The monoisotopic (exact) mass is 412 g/mol. The molecule has 0 spiro atoms. The summed E-state index contributed by atoms with van der Waals surface area (Å²) in [6.45, 7) is 0. The molecule has 0 unspecified atom stereocenters. The molecule has 0 saturated carbocycles. The molecule has 2 N–H and O–H groups in total. The topological polar surface area (TPSA) is 104 Å². The molecule has 130 valence electrons. The number of nitriles is 1. The molecule has 0 atom stereocenters. The number of ether oxygens (including phenoxy) is 1. The summed E-state index contributed by atoms with van der Waals surface area (Å²) < 4.78 is 11.1. The molecular formula is C18H13BrN4O3. The molecule has 0 aliphatic carbocycles. The predicted molar refractivity (Wildman–Crippen MR) is 100 cm³/mol. The van der Waals surface area contributed by atoms with Gasteiger partial charge in [0.1, 0.15) is 6.07 Å². The van der Waals surface area contributed by atoms with Crippen LogP contribution in [0, 0.1) is 11.3 Å². The Hall–Kier alpha value is -3.31. The number of nitrogens with one attached hydrogen (secondary N) is 1. The molecule has 1 heterocycles. The Morgan fingerprint density at radius 2 is 2.12 bits per heavy atom. The maximum absolute atomic E-state index is 9.81. The second kappa shape index (κ2) is 7.72. The number of phenolic OH excluding ortho intramolecular Hbond substituents is 1. The summed E-state index contributed by atoms with van der Waals surface area (Å²) in [6, 6.07) is 14.5. The van der Waals surface area contributed by atoms with Gasteiger partial charge in [-0.1, -0.05) is 18.2 Å². The molecule has 8 heteroatoms. The quantitative estimate of drug-likeness (QED) is 0.482. The normalized spacial score (nSPS) is 10.7. The van der Waals surface area contributed by atoms with Gasteiger partial charge in [0.25, 0.3) is 5.88 Å². The van der Waals surface area contributed by atoms with Gasteiger partial charge in [0.05, 0.1) is 17.8 Å². The maximum atomic E-state index is 9.81. The van der Waals surface area contributed by atoms with Crippen molar-refractivity contribution in [3.05, 3.63) is 58.2 Å². The van der Waals surface area contributed by atoms with Crippen LogP contribution in [0.3, 0.4) is 0 Å². The number of aromatic nitrogens is 1. The lowest BCUT2D eigenvalue weighted by molar-refractivity contribution is 0.372. The van der Waals surface area contributed by atoms with E-state index in [-0.39, 0.29) is 17.3 Å². The third-order valence-electron chi connectivity index (χ3n) is 3.40. The lowest BCUT2D eigenvalue weighted by Gasteiger charge is -2.06. The Kier molecular flexibility index (Phi) is 5.20. The average molecular weight is 413 g/mol. The van der Waals surface area contributed by atoms with Crippen molar-refractivity contribution >= 4 is 28.0 Å². The van der Waals surface area contributed by atoms with Gasteiger partial charge >= 0.3 is 0 Å². The summed E-state index contributed by atoms with van der Waals surface area (Å²) in [7, 11) is 1.46. The van der Waals surface area contributed by atoms with Crippen LogP contribution in [-0.4, -0.2) is 23.4 Å². The number of anilines is 1. The Balaban J connectivity index is 1.82. The fourth-order valence-corrected chi connectivity index (χ4v) is 2.62. The molecule has 0 amide bonds. The molecule has 3 aromatic rings. The number of benzene rings is 2. The SMILES string of the molecule is COc1cc(C=NNc2oc(-c3ccccc3)nc2C#N)cc(Br)c1O. The molecular weight excluding hydrogens is 400 g/mol. The van der Waals surface area contributed by atoms with Gasteiger partial charge in [-0.25, -0.2) is 5.43 Å². The summed E-state index contributed by atoms with van der Waals surface area (Å²) in [5, 5.41) is 23.1. The highest BCUT2D eigenvalue weighted by molar-refractivity contribution is 9.10. The van der Waals surface area contributed by atoms with Crippen LogP contribution in [0.25, 0.3) is 11.5 Å². The third kappa shape index (κ3) is 3.68. The fourth-order valence-electron chi connectivity index (χ4n) is 2.17. The van der Waals surface area contributed by atoms with Gasteiger partial charge < -0.3 is 14.3 Å². The van der Waals surface area contributed by atoms with E-state index in [0.29, 0.717) is 21.7 Å². The Morgan fingerprint density at radius 1 is 1.35 bits per heavy atom. The minimum atomic E-state index is 0.00659. The largest absolute Gasteiger partial charge is 0.503 e. The van der Waals surface area contributed by atoms with Crippen molar-refractivity contribution in [3.63, 3.8) is 0 Å². The summed E-state index contributed by atoms with van der Waals surface area (Å²) in [6.07, 6.45) is 1.50. The molecule has 0 aliphatic heterocycles. The minimum Gasteiger partial charge on any atom is -0.503 e. The van der Waals surface area contributed by atoms with Gasteiger partial charge in [-0.2, -0.15) is 15.3 Å². The molecule has 0 aliphatic rings. The first kappa shape index (κ1) is 17.5. The van der Waals surface area contributed by atoms with Crippen molar-refractivity contribution in [2.24, 2.45) is 5.10 Å². The van der Waals surface area contributed by atoms with Crippen molar-refractivity contribution in [3.8, 4) is 29.0 Å². The maximum Gasteiger partial charge on any atom is 0.252 e. The average Bonchev–Trinajstić information content (AvgIpc) is 3.08. The van der Waals surface area contributed by atoms with E-state index in [4.69, 9.17) is 9.15 Å². The van der Waals surface area contributed by atoms with Crippen LogP contribution in [-0.2, 0) is 0 Å². The summed E-state index contributed by atoms with van der Waals surface area (Å²) >= 11 is 3.24. The molecule has 7 nitrogen and oxygen atoms in total. The second-order valence-corrected chi connectivity index (χ2v) is 5.95. The van der Waals surface area contributed by atoms with Crippen molar-refractivity contribution in [1.29, 1.82) is 5.26 Å². The fraction of sp³-hybridized carbons (Fsp3) is 0.0556. The van der Waals surface area contributed by atoms with Crippen molar-refractivity contribution < 1.29 is 14.3 Å². The van der Waals surface area contributed by atoms with Gasteiger partial charge in [-0.05, 0) is 45.8 Å². The highest BCUT2D eigenvalue weighted by atomic mass is 79.9. The van der Waals surface area contributed by atoms with E-state index in [1.54, 1.807) is 12.1 Å². The van der Waals surface area contributed by atoms with Crippen LogP contribution >= 0.6 is 15.9 Å². The van der Waals surface area contributed by atoms with Crippen LogP contribution < -0.4 is 10.2 Å². The standard InChI is InChI=1S/C18H13BrN4O3/c1-25-15-8-11(7-13(19)16(15)24)10-21-23-18-14(9-20)22-17(26-18)12-5-3-2-4-6-12/h2-8,10,23-24H,1H3. The van der Waals surface area contributed by atoms with Crippen LogP contribution in [0.1, 0.15) is 11.3 Å². The highest BCUT2D eigenvalue weighted by Crippen LogP contribution is 2.34. The number of hydrogen-bond donors (Lipinski definition) is 2. The lowest BCUT2D eigenvalue weighted by atomic mass is 10.2. The number of rotatable bonds is 5. The van der Waals surface area contributed by atoms with E-state index in [1.807, 2.05) is 36.4 Å². The van der Waals surface area contributed by atoms with E-state index in [0.717, 1.165) is 5.56 Å². The van der Waals surface area contributed by atoms with Crippen LogP contribution in [0.15, 0.2) is 56.5 Å². The molecule has 0 saturated heterocycles. The van der Waals surface area contributed by atoms with Crippen LogP contribution in [0.4, 0.5) is 5.88 Å². The number of hydrogen-bond acceptors (Lipinski definition) is 7. The number of oxazole rings is 1. The Bertz CT molecular complexity index is 994. The number of phenols is 1. The summed E-state index contributed by atoms with van der Waals surface area (Å²) in [4.78, 5) is 4.15. The van der Waals surface area contributed by atoms with Gasteiger partial charge in [0.15, 0.2) is 11.5 Å². The summed E-state index contributed by atoms with van der Waals surface area (Å²) in [5.74, 6) is 0.790. The van der Waals surface area contributed by atoms with Gasteiger partial charge in [-0.15, -0.1) is 0 Å². The second-order valence-electron chi connectivity index (χ2n) is 5.10. The first-order valence-corrected chi connectivity index (χ1v) is 8.23. The first-order chi connectivity index (χ1) is 12.6. The van der Waals surface area contributed by atoms with E-state index < -0.39 is 0 Å². The zero-order chi connectivity index (χ0) is 18.5. The van der Waals surface area contributed by atoms with Crippen LogP contribution in [0.5, 0.6) is 11.5 Å². The highest BCUT2D eigenvalue weighted by Gasteiger charge is 2.14. The zero-order valence-corrected chi connectivity index (χ0v) is 15.2. The zero-order valence-electron chi connectivity index (χ0n) is 13.6. The molecule has 1 aromatic heterocycles. The molecule has 3 rings (SSSR count). The van der Waals surface area contributed by atoms with Gasteiger partial charge in [-0.3, -0.25) is 0 Å². The number of nitrogens with zero attached hydrogens (tertiary/aromatic N) is 3. The molecule has 2 aromatic carbocycles. The molecule has 0 radical (unpaired) electrons. The van der Waals surface area contributed by atoms with E-state index in [9.17, 15) is 10.4 Å². The molecule has 26 heavy (non-hydrogen) atoms. The molecule has 0 bridgehead atoms. The predicted octanol–water partition coefficient (Wildman–Crippen LogP) is 4.14.